The first-order valence-electron chi connectivity index (χ1n) is 11.7. The van der Waals surface area contributed by atoms with Crippen molar-refractivity contribution in [3.8, 4) is 0 Å². The van der Waals surface area contributed by atoms with Gasteiger partial charge in [0.2, 0.25) is 0 Å². The lowest BCUT2D eigenvalue weighted by Crippen LogP contribution is -2.48. The highest BCUT2D eigenvalue weighted by molar-refractivity contribution is 9.09. The lowest BCUT2D eigenvalue weighted by atomic mass is 10.1. The number of piperazine rings is 2. The highest BCUT2D eigenvalue weighted by Gasteiger charge is 2.19. The van der Waals surface area contributed by atoms with Crippen LogP contribution in [0.25, 0.3) is 0 Å². The molecule has 2 saturated heterocycles. The van der Waals surface area contributed by atoms with Crippen LogP contribution in [0, 0.1) is 0 Å². The maximum atomic E-state index is 11.8. The van der Waals surface area contributed by atoms with Gasteiger partial charge in [-0.3, -0.25) is 19.4 Å². The summed E-state index contributed by atoms with van der Waals surface area (Å²) in [7, 11) is 0. The molecular formula is C22H40Br2N4O2. The van der Waals surface area contributed by atoms with Crippen LogP contribution >= 0.6 is 31.9 Å². The average Bonchev–Trinajstić information content (AvgIpc) is 2.73. The standard InChI is InChI=1S/C22H40Br2N4O2/c23-7-5-21(29)19-27-15-11-25(12-16-27)9-3-1-2-4-10-26-13-17-28(18-14-26)20-22(30)6-8-24/h1-20H2. The summed E-state index contributed by atoms with van der Waals surface area (Å²) in [6.45, 7) is 12.2. The maximum absolute atomic E-state index is 11.8. The molecule has 174 valence electrons. The number of hydrogen-bond acceptors (Lipinski definition) is 6. The Labute approximate surface area is 199 Å². The third-order valence-electron chi connectivity index (χ3n) is 6.18. The summed E-state index contributed by atoms with van der Waals surface area (Å²) in [5.74, 6) is 0.703. The van der Waals surface area contributed by atoms with Gasteiger partial charge in [-0.1, -0.05) is 44.7 Å². The van der Waals surface area contributed by atoms with Crippen LogP contribution in [0.3, 0.4) is 0 Å². The number of rotatable bonds is 15. The van der Waals surface area contributed by atoms with Gasteiger partial charge in [-0.15, -0.1) is 0 Å². The summed E-state index contributed by atoms with van der Waals surface area (Å²) in [6, 6.07) is 0. The largest absolute Gasteiger partial charge is 0.301 e. The molecule has 2 fully saturated rings. The van der Waals surface area contributed by atoms with Crippen molar-refractivity contribution in [2.75, 3.05) is 89.2 Å². The molecule has 0 spiro atoms. The third kappa shape index (κ3) is 11.1. The van der Waals surface area contributed by atoms with E-state index >= 15 is 0 Å². The topological polar surface area (TPSA) is 47.1 Å². The minimum atomic E-state index is 0.352. The molecule has 2 aliphatic rings. The summed E-state index contributed by atoms with van der Waals surface area (Å²) in [5, 5.41) is 1.56. The minimum Gasteiger partial charge on any atom is -0.301 e. The molecular weight excluding hydrogens is 512 g/mol. The zero-order valence-electron chi connectivity index (χ0n) is 18.5. The molecule has 2 heterocycles. The molecule has 8 heteroatoms. The van der Waals surface area contributed by atoms with Gasteiger partial charge in [-0.2, -0.15) is 0 Å². The summed E-state index contributed by atoms with van der Waals surface area (Å²) in [6.07, 6.45) is 6.48. The molecule has 0 atom stereocenters. The van der Waals surface area contributed by atoms with Crippen molar-refractivity contribution >= 4 is 43.4 Å². The molecule has 0 unspecified atom stereocenters. The van der Waals surface area contributed by atoms with Crippen LogP contribution in [0.15, 0.2) is 0 Å². The lowest BCUT2D eigenvalue weighted by Gasteiger charge is -2.34. The second kappa shape index (κ2) is 15.9. The second-order valence-electron chi connectivity index (χ2n) is 8.61. The summed E-state index contributed by atoms with van der Waals surface area (Å²) < 4.78 is 0. The van der Waals surface area contributed by atoms with Gasteiger partial charge in [-0.25, -0.2) is 0 Å². The van der Waals surface area contributed by atoms with E-state index < -0.39 is 0 Å². The van der Waals surface area contributed by atoms with Gasteiger partial charge in [0.15, 0.2) is 0 Å². The highest BCUT2D eigenvalue weighted by atomic mass is 79.9. The lowest BCUT2D eigenvalue weighted by molar-refractivity contribution is -0.121. The van der Waals surface area contributed by atoms with E-state index in [4.69, 9.17) is 0 Å². The van der Waals surface area contributed by atoms with E-state index in [1.54, 1.807) is 0 Å². The van der Waals surface area contributed by atoms with Crippen molar-refractivity contribution < 1.29 is 9.59 Å². The quantitative estimate of drug-likeness (QED) is 0.230. The Morgan fingerprint density at radius 1 is 0.533 bits per heavy atom. The molecule has 0 aliphatic carbocycles. The molecule has 2 rings (SSSR count). The predicted molar refractivity (Wildman–Crippen MR) is 131 cm³/mol. The van der Waals surface area contributed by atoms with Gasteiger partial charge in [-0.05, 0) is 25.9 Å². The minimum absolute atomic E-state index is 0.352. The van der Waals surface area contributed by atoms with E-state index in [9.17, 15) is 9.59 Å². The molecule has 0 aromatic rings. The zero-order valence-corrected chi connectivity index (χ0v) is 21.7. The summed E-state index contributed by atoms with van der Waals surface area (Å²) in [5.41, 5.74) is 0. The SMILES string of the molecule is O=C(CCBr)CN1CCN(CCCCCCN2CCN(CC(=O)CCBr)CC2)CC1. The number of nitrogens with zero attached hydrogens (tertiary/aromatic N) is 4. The predicted octanol–water partition coefficient (Wildman–Crippen LogP) is 2.49. The van der Waals surface area contributed by atoms with Gasteiger partial charge in [0.05, 0.1) is 13.1 Å². The fraction of sp³-hybridized carbons (Fsp3) is 0.909. The molecule has 0 aromatic carbocycles. The van der Waals surface area contributed by atoms with Gasteiger partial charge in [0.1, 0.15) is 11.6 Å². The van der Waals surface area contributed by atoms with Crippen molar-refractivity contribution in [3.05, 3.63) is 0 Å². The first-order valence-corrected chi connectivity index (χ1v) is 13.9. The molecule has 30 heavy (non-hydrogen) atoms. The van der Waals surface area contributed by atoms with Crippen molar-refractivity contribution in [2.45, 2.75) is 38.5 Å². The monoisotopic (exact) mass is 550 g/mol. The average molecular weight is 552 g/mol. The fourth-order valence-corrected chi connectivity index (χ4v) is 5.12. The van der Waals surface area contributed by atoms with Crippen molar-refractivity contribution in [1.82, 2.24) is 19.6 Å². The second-order valence-corrected chi connectivity index (χ2v) is 10.2. The molecule has 0 amide bonds. The summed E-state index contributed by atoms with van der Waals surface area (Å²) in [4.78, 5) is 33.2. The van der Waals surface area contributed by atoms with Gasteiger partial charge in [0.25, 0.3) is 0 Å². The first-order chi connectivity index (χ1) is 14.6. The number of carbonyl (C=O) groups is 2. The van der Waals surface area contributed by atoms with Crippen LogP contribution in [0.4, 0.5) is 0 Å². The third-order valence-corrected chi connectivity index (χ3v) is 6.97. The Kier molecular flexibility index (Phi) is 14.0. The molecule has 6 nitrogen and oxygen atoms in total. The Balaban J connectivity index is 1.42. The van der Waals surface area contributed by atoms with E-state index in [1.165, 1.54) is 38.8 Å². The Hall–Kier alpha value is 0.140. The van der Waals surface area contributed by atoms with Gasteiger partial charge in [0, 0.05) is 75.9 Å². The van der Waals surface area contributed by atoms with Crippen molar-refractivity contribution in [3.63, 3.8) is 0 Å². The Bertz CT molecular complexity index is 450. The molecule has 0 N–H and O–H groups in total. The summed E-state index contributed by atoms with van der Waals surface area (Å²) >= 11 is 6.69. The highest BCUT2D eigenvalue weighted by Crippen LogP contribution is 2.09. The number of ketones is 2. The van der Waals surface area contributed by atoms with Crippen molar-refractivity contribution in [1.29, 1.82) is 0 Å². The number of halogens is 2. The van der Waals surface area contributed by atoms with E-state index in [2.05, 4.69) is 51.5 Å². The molecule has 2 aliphatic heterocycles. The normalized spacial score (nSPS) is 19.9. The zero-order chi connectivity index (χ0) is 21.6. The van der Waals surface area contributed by atoms with Crippen LogP contribution in [0.2, 0.25) is 0 Å². The Morgan fingerprint density at radius 2 is 0.867 bits per heavy atom. The van der Waals surface area contributed by atoms with Crippen LogP contribution < -0.4 is 0 Å². The van der Waals surface area contributed by atoms with Crippen LogP contribution in [-0.2, 0) is 9.59 Å². The van der Waals surface area contributed by atoms with E-state index in [0.717, 1.165) is 63.0 Å². The molecule has 0 aromatic heterocycles. The van der Waals surface area contributed by atoms with Gasteiger partial charge >= 0.3 is 0 Å². The number of hydrogen-bond donors (Lipinski definition) is 0. The van der Waals surface area contributed by atoms with Crippen LogP contribution in [-0.4, -0.2) is 120 Å². The first kappa shape index (κ1) is 26.4. The fourth-order valence-electron chi connectivity index (χ4n) is 4.23. The van der Waals surface area contributed by atoms with E-state index in [0.29, 0.717) is 37.5 Å². The smallest absolute Gasteiger partial charge is 0.147 e. The molecule has 0 radical (unpaired) electrons. The molecule has 0 saturated carbocycles. The number of unbranched alkanes of at least 4 members (excludes halogenated alkanes) is 3. The van der Waals surface area contributed by atoms with Crippen LogP contribution in [0.5, 0.6) is 0 Å². The van der Waals surface area contributed by atoms with E-state index in [-0.39, 0.29) is 0 Å². The number of Topliss-reactive ketones (excluding diaryl/α,β-unsaturated/α-hetero) is 2. The molecule has 0 bridgehead atoms. The number of alkyl halides is 2. The maximum Gasteiger partial charge on any atom is 0.147 e. The number of carbonyl (C=O) groups excluding carboxylic acids is 2. The van der Waals surface area contributed by atoms with Crippen molar-refractivity contribution in [2.24, 2.45) is 0 Å². The van der Waals surface area contributed by atoms with E-state index in [1.807, 2.05) is 0 Å². The Morgan fingerprint density at radius 3 is 1.20 bits per heavy atom. The van der Waals surface area contributed by atoms with Crippen LogP contribution in [0.1, 0.15) is 38.5 Å². The van der Waals surface area contributed by atoms with Gasteiger partial charge < -0.3 is 9.80 Å².